The number of quaternary nitrogens is 1. The highest BCUT2D eigenvalue weighted by molar-refractivity contribution is 7.19. The number of halogens is 1. The Hall–Kier alpha value is -0.690. The normalized spacial score (nSPS) is 10.9. The van der Waals surface area contributed by atoms with Crippen molar-refractivity contribution in [2.24, 2.45) is 5.73 Å². The van der Waals surface area contributed by atoms with Crippen LogP contribution >= 0.6 is 11.3 Å². The molecule has 5 nitrogen and oxygen atoms in total. The fraction of sp³-hybridized carbons (Fsp3) is 0.556. The molecule has 16 heavy (non-hydrogen) atoms. The van der Waals surface area contributed by atoms with Crippen LogP contribution in [0.3, 0.4) is 0 Å². The van der Waals surface area contributed by atoms with Crippen LogP contribution in [0.15, 0.2) is 12.1 Å². The third kappa shape index (κ3) is 3.71. The van der Waals surface area contributed by atoms with Gasteiger partial charge in [0.1, 0.15) is 0 Å². The van der Waals surface area contributed by atoms with Crippen LogP contribution in [0.2, 0.25) is 0 Å². The summed E-state index contributed by atoms with van der Waals surface area (Å²) in [5, 5.41) is 11.7. The van der Waals surface area contributed by atoms with Gasteiger partial charge in [-0.25, -0.2) is 0 Å². The van der Waals surface area contributed by atoms with Gasteiger partial charge in [-0.3, -0.25) is 14.6 Å². The van der Waals surface area contributed by atoms with Crippen LogP contribution in [0, 0.1) is 10.1 Å². The minimum Gasteiger partial charge on any atom is -1.00 e. The van der Waals surface area contributed by atoms with E-state index >= 15 is 0 Å². The monoisotopic (exact) mass is 265 g/mol. The van der Waals surface area contributed by atoms with Gasteiger partial charge in [-0.2, -0.15) is 0 Å². The number of thiophene rings is 1. The molecule has 0 bridgehead atoms. The molecular weight excluding hydrogens is 250 g/mol. The topological polar surface area (TPSA) is 69.2 Å². The molecule has 0 atom stereocenters. The summed E-state index contributed by atoms with van der Waals surface area (Å²) in [7, 11) is 4.07. The van der Waals surface area contributed by atoms with E-state index in [9.17, 15) is 10.1 Å². The van der Waals surface area contributed by atoms with Gasteiger partial charge in [0.2, 0.25) is 0 Å². The van der Waals surface area contributed by atoms with E-state index in [4.69, 9.17) is 5.73 Å². The average molecular weight is 266 g/mol. The predicted molar refractivity (Wildman–Crippen MR) is 63.2 cm³/mol. The number of hydrogen-bond donors (Lipinski definition) is 1. The lowest BCUT2D eigenvalue weighted by Crippen LogP contribution is -3.00. The van der Waals surface area contributed by atoms with Crippen LogP contribution < -0.4 is 22.6 Å². The zero-order valence-corrected chi connectivity index (χ0v) is 10.9. The Morgan fingerprint density at radius 3 is 2.56 bits per heavy atom. The van der Waals surface area contributed by atoms with E-state index in [1.54, 1.807) is 6.07 Å². The van der Waals surface area contributed by atoms with E-state index in [1.807, 2.05) is 20.2 Å². The number of hydrogen-bond acceptors (Lipinski definition) is 4. The lowest BCUT2D eigenvalue weighted by atomic mass is 10.3. The van der Waals surface area contributed by atoms with Crippen LogP contribution in [0.4, 0.5) is 10.0 Å². The third-order valence-corrected chi connectivity index (χ3v) is 3.61. The second kappa shape index (κ2) is 6.15. The molecule has 1 heterocycles. The first-order valence-corrected chi connectivity index (χ1v) is 5.57. The fourth-order valence-corrected chi connectivity index (χ4v) is 2.24. The standard InChI is InChI=1S/C9H16N3O2S.ClH/c1-12(2,7-3-6-10)9-5-4-8(15-9)11(13)14;/h4-5H,3,6-7,10H2,1-2H3;1H/q+1;/p-1. The van der Waals surface area contributed by atoms with Gasteiger partial charge in [0, 0.05) is 18.6 Å². The van der Waals surface area contributed by atoms with Crippen LogP contribution in [0.5, 0.6) is 0 Å². The second-order valence-corrected chi connectivity index (χ2v) is 4.96. The summed E-state index contributed by atoms with van der Waals surface area (Å²) in [5.41, 5.74) is 5.45. The SMILES string of the molecule is C[N+](C)(CCCN)c1ccc([N+](=O)[O-])s1.[Cl-]. The minimum absolute atomic E-state index is 0. The van der Waals surface area contributed by atoms with E-state index in [0.717, 1.165) is 18.0 Å². The highest BCUT2D eigenvalue weighted by Crippen LogP contribution is 2.33. The lowest BCUT2D eigenvalue weighted by Gasteiger charge is -2.26. The van der Waals surface area contributed by atoms with Crippen LogP contribution in [0.25, 0.3) is 0 Å². The number of nitrogens with zero attached hydrogens (tertiary/aromatic N) is 2. The molecule has 2 N–H and O–H groups in total. The summed E-state index contributed by atoms with van der Waals surface area (Å²) in [6.07, 6.45) is 0.915. The predicted octanol–water partition coefficient (Wildman–Crippen LogP) is -1.42. The van der Waals surface area contributed by atoms with Crippen molar-refractivity contribution in [2.45, 2.75) is 6.42 Å². The summed E-state index contributed by atoms with van der Waals surface area (Å²) in [6.45, 7) is 1.54. The van der Waals surface area contributed by atoms with Gasteiger partial charge >= 0.3 is 5.00 Å². The van der Waals surface area contributed by atoms with Crippen LogP contribution in [-0.4, -0.2) is 32.1 Å². The van der Waals surface area contributed by atoms with Crippen molar-refractivity contribution >= 4 is 21.3 Å². The first-order valence-electron chi connectivity index (χ1n) is 4.75. The van der Waals surface area contributed by atoms with Crippen LogP contribution in [0.1, 0.15) is 6.42 Å². The van der Waals surface area contributed by atoms with Gasteiger partial charge in [-0.1, -0.05) is 0 Å². The summed E-state index contributed by atoms with van der Waals surface area (Å²) >= 11 is 1.23. The maximum absolute atomic E-state index is 10.5. The summed E-state index contributed by atoms with van der Waals surface area (Å²) in [4.78, 5) is 10.2. The first kappa shape index (κ1) is 15.3. The smallest absolute Gasteiger partial charge is 0.329 e. The van der Waals surface area contributed by atoms with Crippen molar-refractivity contribution in [1.29, 1.82) is 0 Å². The summed E-state index contributed by atoms with van der Waals surface area (Å²) in [5.74, 6) is 0. The molecule has 1 aromatic rings. The van der Waals surface area contributed by atoms with Gasteiger partial charge in [0.05, 0.1) is 25.6 Å². The quantitative estimate of drug-likeness (QED) is 0.403. The molecular formula is C9H16ClN3O2S. The molecule has 0 fully saturated rings. The van der Waals surface area contributed by atoms with Gasteiger partial charge in [0.15, 0.2) is 5.00 Å². The van der Waals surface area contributed by atoms with E-state index in [0.29, 0.717) is 11.0 Å². The van der Waals surface area contributed by atoms with Crippen molar-refractivity contribution in [3.8, 4) is 0 Å². The average Bonchev–Trinajstić information content (AvgIpc) is 2.64. The van der Waals surface area contributed by atoms with E-state index in [-0.39, 0.29) is 22.3 Å². The molecule has 0 saturated carbocycles. The maximum Gasteiger partial charge on any atom is 0.329 e. The molecule has 0 unspecified atom stereocenters. The Morgan fingerprint density at radius 1 is 1.50 bits per heavy atom. The largest absolute Gasteiger partial charge is 1.00 e. The second-order valence-electron chi connectivity index (χ2n) is 3.92. The molecule has 0 saturated heterocycles. The Bertz CT molecular complexity index is 354. The van der Waals surface area contributed by atoms with Gasteiger partial charge < -0.3 is 18.1 Å². The zero-order valence-electron chi connectivity index (χ0n) is 9.35. The minimum atomic E-state index is -0.350. The van der Waals surface area contributed by atoms with Crippen molar-refractivity contribution in [1.82, 2.24) is 4.48 Å². The van der Waals surface area contributed by atoms with Crippen molar-refractivity contribution in [2.75, 3.05) is 27.2 Å². The summed E-state index contributed by atoms with van der Waals surface area (Å²) in [6, 6.07) is 3.38. The first-order chi connectivity index (χ1) is 6.97. The molecule has 0 aliphatic carbocycles. The number of nitro groups is 1. The molecule has 0 spiro atoms. The molecule has 0 amide bonds. The van der Waals surface area contributed by atoms with Crippen molar-refractivity contribution in [3.05, 3.63) is 22.2 Å². The molecule has 0 aromatic carbocycles. The molecule has 1 rings (SSSR count). The molecule has 0 radical (unpaired) electrons. The molecule has 0 aliphatic heterocycles. The Balaban J connectivity index is 0.00000225. The van der Waals surface area contributed by atoms with Crippen LogP contribution in [-0.2, 0) is 0 Å². The molecule has 0 aliphatic rings. The third-order valence-electron chi connectivity index (χ3n) is 2.28. The van der Waals surface area contributed by atoms with Gasteiger partial charge in [-0.15, -0.1) is 0 Å². The Kier molecular flexibility index (Phi) is 5.88. The highest BCUT2D eigenvalue weighted by atomic mass is 35.5. The Labute approximate surface area is 105 Å². The Morgan fingerprint density at radius 2 is 2.12 bits per heavy atom. The molecule has 92 valence electrons. The maximum atomic E-state index is 10.5. The molecule has 1 aromatic heterocycles. The number of nitrogens with two attached hydrogens (primary N) is 1. The van der Waals surface area contributed by atoms with Gasteiger partial charge in [0.25, 0.3) is 0 Å². The molecule has 7 heteroatoms. The van der Waals surface area contributed by atoms with E-state index < -0.39 is 0 Å². The van der Waals surface area contributed by atoms with E-state index in [2.05, 4.69) is 0 Å². The van der Waals surface area contributed by atoms with E-state index in [1.165, 1.54) is 11.3 Å². The van der Waals surface area contributed by atoms with Crippen molar-refractivity contribution < 1.29 is 17.3 Å². The summed E-state index contributed by atoms with van der Waals surface area (Å²) < 4.78 is 0.649. The van der Waals surface area contributed by atoms with Gasteiger partial charge in [-0.05, 0) is 17.9 Å². The number of rotatable bonds is 5. The lowest BCUT2D eigenvalue weighted by molar-refractivity contribution is -0.380. The fourth-order valence-electron chi connectivity index (χ4n) is 1.34. The van der Waals surface area contributed by atoms with Crippen molar-refractivity contribution in [3.63, 3.8) is 0 Å². The highest BCUT2D eigenvalue weighted by Gasteiger charge is 2.23. The zero-order chi connectivity index (χ0) is 11.5.